The van der Waals surface area contributed by atoms with Crippen LogP contribution in [0.5, 0.6) is 0 Å². The van der Waals surface area contributed by atoms with E-state index in [-0.39, 0.29) is 17.0 Å². The Morgan fingerprint density at radius 1 is 1.22 bits per heavy atom. The van der Waals surface area contributed by atoms with Crippen LogP contribution < -0.4 is 10.9 Å². The van der Waals surface area contributed by atoms with Gasteiger partial charge >= 0.3 is 0 Å². The summed E-state index contributed by atoms with van der Waals surface area (Å²) in [6, 6.07) is 10.5. The molecule has 1 N–H and O–H groups in total. The summed E-state index contributed by atoms with van der Waals surface area (Å²) in [5.41, 5.74) is 1.74. The van der Waals surface area contributed by atoms with Crippen LogP contribution in [0.25, 0.3) is 16.0 Å². The van der Waals surface area contributed by atoms with Crippen molar-refractivity contribution < 1.29 is 13.6 Å². The first kappa shape index (κ1) is 22.3. The number of anilines is 1. The molecule has 1 amide bonds. The van der Waals surface area contributed by atoms with Crippen LogP contribution in [0, 0.1) is 22.5 Å². The van der Waals surface area contributed by atoms with E-state index in [1.54, 1.807) is 11.6 Å². The van der Waals surface area contributed by atoms with Crippen molar-refractivity contribution in [2.24, 2.45) is 7.05 Å². The summed E-state index contributed by atoms with van der Waals surface area (Å²) in [6.07, 6.45) is 0. The van der Waals surface area contributed by atoms with Crippen molar-refractivity contribution >= 4 is 57.3 Å². The predicted molar refractivity (Wildman–Crippen MR) is 125 cm³/mol. The molecule has 0 radical (unpaired) electrons. The first-order valence-electron chi connectivity index (χ1n) is 9.32. The van der Waals surface area contributed by atoms with Gasteiger partial charge in [-0.05, 0) is 43.4 Å². The fourth-order valence-electron chi connectivity index (χ4n) is 2.97. The molecule has 0 fully saturated rings. The lowest BCUT2D eigenvalue weighted by molar-refractivity contribution is -0.113. The number of thioether (sulfide) groups is 1. The highest BCUT2D eigenvalue weighted by Crippen LogP contribution is 2.26. The second-order valence-electron chi connectivity index (χ2n) is 6.91. The minimum Gasteiger partial charge on any atom is -0.323 e. The molecule has 0 aliphatic rings. The number of nitrogens with zero attached hydrogens (tertiary/aromatic N) is 3. The van der Waals surface area contributed by atoms with E-state index in [0.29, 0.717) is 19.5 Å². The molecule has 2 aromatic carbocycles. The lowest BCUT2D eigenvalue weighted by Crippen LogP contribution is -2.21. The quantitative estimate of drug-likeness (QED) is 0.247. The normalized spacial score (nSPS) is 11.1. The fraction of sp³-hybridized carbons (Fsp3) is 0.143. The molecule has 164 valence electrons. The van der Waals surface area contributed by atoms with Crippen LogP contribution in [0.15, 0.2) is 52.4 Å². The summed E-state index contributed by atoms with van der Waals surface area (Å²) in [6.45, 7) is 1.97. The number of rotatable bonds is 5. The number of carbonyl (C=O) groups is 1. The number of thiazole rings is 1. The number of nitrogens with one attached hydrogen (secondary N) is 1. The number of hydrogen-bond acceptors (Lipinski definition) is 6. The molecule has 0 atom stereocenters. The number of benzene rings is 2. The molecule has 0 spiro atoms. The average Bonchev–Trinajstić information content (AvgIpc) is 3.09. The SMILES string of the molecule is Cc1ccc(-n2c(=S)sc3c(=O)n(C)c(SCC(=O)Nc4cc(F)ccc4F)nc32)cc1. The van der Waals surface area contributed by atoms with Gasteiger partial charge in [0.05, 0.1) is 11.4 Å². The van der Waals surface area contributed by atoms with E-state index >= 15 is 0 Å². The lowest BCUT2D eigenvalue weighted by Gasteiger charge is -2.10. The zero-order chi connectivity index (χ0) is 23.0. The Bertz CT molecular complexity index is 1460. The number of halogens is 2. The van der Waals surface area contributed by atoms with Crippen molar-refractivity contribution in [2.45, 2.75) is 12.1 Å². The first-order valence-corrected chi connectivity index (χ1v) is 11.5. The lowest BCUT2D eigenvalue weighted by atomic mass is 10.2. The van der Waals surface area contributed by atoms with Crippen LogP contribution >= 0.6 is 35.3 Å². The fourth-order valence-corrected chi connectivity index (χ4v) is 5.08. The molecule has 32 heavy (non-hydrogen) atoms. The maximum absolute atomic E-state index is 13.8. The second kappa shape index (κ2) is 8.93. The summed E-state index contributed by atoms with van der Waals surface area (Å²) in [5, 5.41) is 2.63. The van der Waals surface area contributed by atoms with Gasteiger partial charge in [0.25, 0.3) is 5.56 Å². The highest BCUT2D eigenvalue weighted by atomic mass is 32.2. The number of carbonyl (C=O) groups excluding carboxylic acids is 1. The van der Waals surface area contributed by atoms with Crippen molar-refractivity contribution in [3.8, 4) is 5.69 Å². The second-order valence-corrected chi connectivity index (χ2v) is 9.50. The van der Waals surface area contributed by atoms with E-state index in [9.17, 15) is 18.4 Å². The van der Waals surface area contributed by atoms with Crippen molar-refractivity contribution in [2.75, 3.05) is 11.1 Å². The molecule has 6 nitrogen and oxygen atoms in total. The molecular formula is C21H16F2N4O2S3. The third-order valence-electron chi connectivity index (χ3n) is 4.60. The topological polar surface area (TPSA) is 68.9 Å². The number of amides is 1. The minimum absolute atomic E-state index is 0.156. The van der Waals surface area contributed by atoms with E-state index < -0.39 is 17.5 Å². The van der Waals surface area contributed by atoms with Gasteiger partial charge in [-0.2, -0.15) is 0 Å². The molecule has 4 aromatic rings. The Morgan fingerprint density at radius 3 is 2.66 bits per heavy atom. The minimum atomic E-state index is -0.743. The predicted octanol–water partition coefficient (Wildman–Crippen LogP) is 4.83. The summed E-state index contributed by atoms with van der Waals surface area (Å²) in [5.74, 6) is -2.12. The molecule has 11 heteroatoms. The highest BCUT2D eigenvalue weighted by Gasteiger charge is 2.17. The Hall–Kier alpha value is -2.89. The summed E-state index contributed by atoms with van der Waals surface area (Å²) >= 11 is 7.65. The summed E-state index contributed by atoms with van der Waals surface area (Å²) in [7, 11) is 1.56. The van der Waals surface area contributed by atoms with Crippen LogP contribution in [-0.2, 0) is 11.8 Å². The standard InChI is InChI=1S/C21H16F2N4O2S3/c1-11-3-6-13(7-4-11)27-18-17(32-21(27)30)19(29)26(2)20(25-18)31-10-16(28)24-15-9-12(22)5-8-14(15)23/h3-9H,10H2,1-2H3,(H,24,28). The summed E-state index contributed by atoms with van der Waals surface area (Å²) in [4.78, 5) is 29.7. The average molecular weight is 491 g/mol. The van der Waals surface area contributed by atoms with E-state index in [0.717, 1.165) is 41.2 Å². The van der Waals surface area contributed by atoms with Gasteiger partial charge in [0.1, 0.15) is 16.3 Å². The number of hydrogen-bond donors (Lipinski definition) is 1. The Morgan fingerprint density at radius 2 is 1.94 bits per heavy atom. The zero-order valence-corrected chi connectivity index (χ0v) is 19.3. The molecule has 4 rings (SSSR count). The first-order chi connectivity index (χ1) is 15.2. The third-order valence-corrected chi connectivity index (χ3v) is 6.98. The van der Waals surface area contributed by atoms with E-state index in [4.69, 9.17) is 12.2 Å². The zero-order valence-electron chi connectivity index (χ0n) is 16.9. The number of fused-ring (bicyclic) bond motifs is 1. The van der Waals surface area contributed by atoms with Crippen molar-refractivity contribution in [1.82, 2.24) is 14.1 Å². The van der Waals surface area contributed by atoms with Gasteiger partial charge in [-0.15, -0.1) is 0 Å². The Kier molecular flexibility index (Phi) is 6.22. The van der Waals surface area contributed by atoms with Crippen LogP contribution in [-0.4, -0.2) is 25.8 Å². The van der Waals surface area contributed by atoms with Gasteiger partial charge < -0.3 is 5.32 Å². The van der Waals surface area contributed by atoms with Crippen LogP contribution in [0.1, 0.15) is 5.56 Å². The summed E-state index contributed by atoms with van der Waals surface area (Å²) < 4.78 is 31.0. The smallest absolute Gasteiger partial charge is 0.273 e. The van der Waals surface area contributed by atoms with E-state index in [1.165, 1.54) is 15.9 Å². The van der Waals surface area contributed by atoms with Gasteiger partial charge in [0.15, 0.2) is 14.8 Å². The number of aromatic nitrogens is 3. The van der Waals surface area contributed by atoms with Crippen molar-refractivity contribution in [1.29, 1.82) is 0 Å². The van der Waals surface area contributed by atoms with Crippen LogP contribution in [0.3, 0.4) is 0 Å². The maximum atomic E-state index is 13.8. The van der Waals surface area contributed by atoms with Gasteiger partial charge in [-0.25, -0.2) is 13.8 Å². The highest BCUT2D eigenvalue weighted by molar-refractivity contribution is 7.99. The van der Waals surface area contributed by atoms with Gasteiger partial charge in [-0.3, -0.25) is 18.7 Å². The maximum Gasteiger partial charge on any atom is 0.273 e. The van der Waals surface area contributed by atoms with Crippen LogP contribution in [0.4, 0.5) is 14.5 Å². The molecule has 0 unspecified atom stereocenters. The van der Waals surface area contributed by atoms with Gasteiger partial charge in [-0.1, -0.05) is 40.8 Å². The van der Waals surface area contributed by atoms with Gasteiger partial charge in [0, 0.05) is 18.8 Å². The third kappa shape index (κ3) is 4.36. The molecule has 0 bridgehead atoms. The molecule has 0 aliphatic carbocycles. The molecule has 0 saturated heterocycles. The molecule has 2 aromatic heterocycles. The molecule has 0 saturated carbocycles. The van der Waals surface area contributed by atoms with E-state index in [2.05, 4.69) is 10.3 Å². The van der Waals surface area contributed by atoms with E-state index in [1.807, 2.05) is 31.2 Å². The van der Waals surface area contributed by atoms with Crippen molar-refractivity contribution in [3.63, 3.8) is 0 Å². The van der Waals surface area contributed by atoms with Crippen molar-refractivity contribution in [3.05, 3.63) is 74.0 Å². The number of aryl methyl sites for hydroxylation is 1. The van der Waals surface area contributed by atoms with Gasteiger partial charge in [0.2, 0.25) is 5.91 Å². The monoisotopic (exact) mass is 490 g/mol. The Balaban J connectivity index is 1.65. The molecule has 2 heterocycles. The van der Waals surface area contributed by atoms with Crippen LogP contribution in [0.2, 0.25) is 0 Å². The molecule has 0 aliphatic heterocycles. The largest absolute Gasteiger partial charge is 0.323 e. The molecular weight excluding hydrogens is 474 g/mol. The Labute approximate surface area is 194 Å².